The maximum absolute atomic E-state index is 6.75. The van der Waals surface area contributed by atoms with Gasteiger partial charge in [0.2, 0.25) is 0 Å². The van der Waals surface area contributed by atoms with Crippen molar-refractivity contribution in [2.45, 2.75) is 37.6 Å². The fraction of sp³-hybridized carbons (Fsp3) is 0.353. The fourth-order valence-electron chi connectivity index (χ4n) is 3.22. The lowest BCUT2D eigenvalue weighted by atomic mass is 9.70. The number of hydrogen-bond donors (Lipinski definition) is 1. The Hall–Kier alpha value is -1.38. The first-order chi connectivity index (χ1) is 9.60. The van der Waals surface area contributed by atoms with Gasteiger partial charge in [0.05, 0.1) is 5.02 Å². The highest BCUT2D eigenvalue weighted by Gasteiger charge is 2.35. The highest BCUT2D eigenvalue weighted by Crippen LogP contribution is 2.41. The zero-order valence-electron chi connectivity index (χ0n) is 11.6. The molecule has 0 aliphatic heterocycles. The Balaban J connectivity index is 2.01. The Morgan fingerprint density at radius 3 is 2.95 bits per heavy atom. The summed E-state index contributed by atoms with van der Waals surface area (Å²) in [6.45, 7) is 2.28. The van der Waals surface area contributed by atoms with Crippen LogP contribution in [0.25, 0.3) is 0 Å². The Morgan fingerprint density at radius 2 is 2.15 bits per heavy atom. The van der Waals surface area contributed by atoms with Crippen LogP contribution in [-0.2, 0) is 12.0 Å². The molecular weight excluding hydrogens is 268 g/mol. The SMILES string of the molecule is CC1CCC(N)(Cc2ccncc2Cl)c2ccccc21. The summed E-state index contributed by atoms with van der Waals surface area (Å²) in [6, 6.07) is 10.5. The number of nitrogens with two attached hydrogens (primary N) is 1. The highest BCUT2D eigenvalue weighted by molar-refractivity contribution is 6.31. The van der Waals surface area contributed by atoms with Crippen molar-refractivity contribution in [3.8, 4) is 0 Å². The third-order valence-electron chi connectivity index (χ3n) is 4.41. The molecule has 2 atom stereocenters. The van der Waals surface area contributed by atoms with E-state index in [-0.39, 0.29) is 5.54 Å². The van der Waals surface area contributed by atoms with Crippen LogP contribution in [0, 0.1) is 0 Å². The van der Waals surface area contributed by atoms with Gasteiger partial charge in [-0.15, -0.1) is 0 Å². The smallest absolute Gasteiger partial charge is 0.0622 e. The summed E-state index contributed by atoms with van der Waals surface area (Å²) in [7, 11) is 0. The summed E-state index contributed by atoms with van der Waals surface area (Å²) in [5.74, 6) is 0.579. The average Bonchev–Trinajstić information content (AvgIpc) is 2.46. The third-order valence-corrected chi connectivity index (χ3v) is 4.75. The van der Waals surface area contributed by atoms with Gasteiger partial charge in [0.15, 0.2) is 0 Å². The van der Waals surface area contributed by atoms with Crippen molar-refractivity contribution in [1.82, 2.24) is 4.98 Å². The number of halogens is 1. The molecule has 0 radical (unpaired) electrons. The number of hydrogen-bond acceptors (Lipinski definition) is 2. The van der Waals surface area contributed by atoms with E-state index in [4.69, 9.17) is 17.3 Å². The summed E-state index contributed by atoms with van der Waals surface area (Å²) in [5, 5.41) is 0.702. The van der Waals surface area contributed by atoms with Gasteiger partial charge in [-0.2, -0.15) is 0 Å². The van der Waals surface area contributed by atoms with Crippen molar-refractivity contribution in [1.29, 1.82) is 0 Å². The lowest BCUT2D eigenvalue weighted by Gasteiger charge is -2.39. The first-order valence-corrected chi connectivity index (χ1v) is 7.44. The molecule has 104 valence electrons. The molecule has 1 aliphatic rings. The quantitative estimate of drug-likeness (QED) is 0.905. The van der Waals surface area contributed by atoms with Gasteiger partial charge in [-0.3, -0.25) is 4.98 Å². The molecule has 2 nitrogen and oxygen atoms in total. The minimum Gasteiger partial charge on any atom is -0.321 e. The van der Waals surface area contributed by atoms with E-state index < -0.39 is 0 Å². The summed E-state index contributed by atoms with van der Waals surface area (Å²) in [4.78, 5) is 4.04. The molecule has 0 saturated heterocycles. The lowest BCUT2D eigenvalue weighted by Crippen LogP contribution is -2.42. The molecular formula is C17H19ClN2. The second kappa shape index (κ2) is 5.19. The standard InChI is InChI=1S/C17H19ClN2/c1-12-6-8-17(19,15-5-3-2-4-14(12)15)10-13-7-9-20-11-16(13)18/h2-5,7,9,11-12H,6,8,10,19H2,1H3. The van der Waals surface area contributed by atoms with Crippen LogP contribution >= 0.6 is 11.6 Å². The van der Waals surface area contributed by atoms with E-state index in [1.165, 1.54) is 11.1 Å². The second-order valence-electron chi connectivity index (χ2n) is 5.83. The van der Waals surface area contributed by atoms with Crippen molar-refractivity contribution < 1.29 is 0 Å². The number of fused-ring (bicyclic) bond motifs is 1. The average molecular weight is 287 g/mol. The van der Waals surface area contributed by atoms with Crippen molar-refractivity contribution in [2.24, 2.45) is 5.73 Å². The van der Waals surface area contributed by atoms with Crippen molar-refractivity contribution in [3.05, 3.63) is 64.4 Å². The summed E-state index contributed by atoms with van der Waals surface area (Å²) in [6.07, 6.45) is 6.34. The topological polar surface area (TPSA) is 38.9 Å². The van der Waals surface area contributed by atoms with Crippen molar-refractivity contribution in [2.75, 3.05) is 0 Å². The molecule has 1 aromatic heterocycles. The van der Waals surface area contributed by atoms with E-state index in [0.29, 0.717) is 10.9 Å². The van der Waals surface area contributed by atoms with Gasteiger partial charge in [-0.05, 0) is 47.9 Å². The molecule has 2 aromatic rings. The van der Waals surface area contributed by atoms with Crippen molar-refractivity contribution >= 4 is 11.6 Å². The predicted molar refractivity (Wildman–Crippen MR) is 82.9 cm³/mol. The predicted octanol–water partition coefficient (Wildman–Crippen LogP) is 4.03. The number of rotatable bonds is 2. The molecule has 3 rings (SSSR count). The molecule has 0 saturated carbocycles. The van der Waals surface area contributed by atoms with Crippen molar-refractivity contribution in [3.63, 3.8) is 0 Å². The first kappa shape index (κ1) is 13.6. The maximum Gasteiger partial charge on any atom is 0.0622 e. The zero-order valence-corrected chi connectivity index (χ0v) is 12.4. The molecule has 2 unspecified atom stereocenters. The monoisotopic (exact) mass is 286 g/mol. The van der Waals surface area contributed by atoms with Crippen LogP contribution in [-0.4, -0.2) is 4.98 Å². The van der Waals surface area contributed by atoms with Gasteiger partial charge < -0.3 is 5.73 Å². The molecule has 1 aliphatic carbocycles. The molecule has 0 amide bonds. The maximum atomic E-state index is 6.75. The second-order valence-corrected chi connectivity index (χ2v) is 6.23. The van der Waals surface area contributed by atoms with Crippen LogP contribution in [0.15, 0.2) is 42.7 Å². The van der Waals surface area contributed by atoms with Crippen LogP contribution in [0.5, 0.6) is 0 Å². The minimum atomic E-state index is -0.325. The number of nitrogens with zero attached hydrogens (tertiary/aromatic N) is 1. The van der Waals surface area contributed by atoms with Crippen LogP contribution in [0.3, 0.4) is 0 Å². The number of aromatic nitrogens is 1. The van der Waals surface area contributed by atoms with Crippen LogP contribution in [0.4, 0.5) is 0 Å². The summed E-state index contributed by atoms with van der Waals surface area (Å²) in [5.41, 5.74) is 10.2. The van der Waals surface area contributed by atoms with E-state index in [1.807, 2.05) is 6.07 Å². The molecule has 3 heteroatoms. The molecule has 0 fully saturated rings. The third kappa shape index (κ3) is 2.34. The van der Waals surface area contributed by atoms with E-state index in [0.717, 1.165) is 24.8 Å². The molecule has 2 N–H and O–H groups in total. The molecule has 1 aromatic carbocycles. The first-order valence-electron chi connectivity index (χ1n) is 7.07. The highest BCUT2D eigenvalue weighted by atomic mass is 35.5. The molecule has 0 spiro atoms. The number of pyridine rings is 1. The fourth-order valence-corrected chi connectivity index (χ4v) is 3.40. The van der Waals surface area contributed by atoms with Crippen LogP contribution < -0.4 is 5.73 Å². The molecule has 0 bridgehead atoms. The van der Waals surface area contributed by atoms with Gasteiger partial charge in [0, 0.05) is 17.9 Å². The van der Waals surface area contributed by atoms with E-state index in [2.05, 4.69) is 36.2 Å². The Kier molecular flexibility index (Phi) is 3.53. The normalized spacial score (nSPS) is 25.2. The largest absolute Gasteiger partial charge is 0.321 e. The molecule has 1 heterocycles. The Morgan fingerprint density at radius 1 is 1.35 bits per heavy atom. The Labute approximate surface area is 125 Å². The van der Waals surface area contributed by atoms with Crippen LogP contribution in [0.1, 0.15) is 42.4 Å². The Bertz CT molecular complexity index is 626. The summed E-state index contributed by atoms with van der Waals surface area (Å²) < 4.78 is 0. The van der Waals surface area contributed by atoms with E-state index in [9.17, 15) is 0 Å². The van der Waals surface area contributed by atoms with Gasteiger partial charge in [0.25, 0.3) is 0 Å². The minimum absolute atomic E-state index is 0.325. The zero-order chi connectivity index (χ0) is 14.2. The van der Waals surface area contributed by atoms with E-state index in [1.54, 1.807) is 12.4 Å². The lowest BCUT2D eigenvalue weighted by molar-refractivity contribution is 0.349. The van der Waals surface area contributed by atoms with Gasteiger partial charge in [-0.1, -0.05) is 42.8 Å². The van der Waals surface area contributed by atoms with E-state index >= 15 is 0 Å². The van der Waals surface area contributed by atoms with Crippen LogP contribution in [0.2, 0.25) is 5.02 Å². The van der Waals surface area contributed by atoms with Gasteiger partial charge >= 0.3 is 0 Å². The van der Waals surface area contributed by atoms with Gasteiger partial charge in [-0.25, -0.2) is 0 Å². The number of benzene rings is 1. The summed E-state index contributed by atoms with van der Waals surface area (Å²) >= 11 is 6.24. The van der Waals surface area contributed by atoms with Gasteiger partial charge in [0.1, 0.15) is 0 Å². The molecule has 20 heavy (non-hydrogen) atoms.